The molecule has 0 radical (unpaired) electrons. The summed E-state index contributed by atoms with van der Waals surface area (Å²) in [6.45, 7) is 4.52. The average molecular weight is 341 g/mol. The highest BCUT2D eigenvalue weighted by atomic mass is 79.9. The van der Waals surface area contributed by atoms with Crippen molar-refractivity contribution in [2.24, 2.45) is 11.7 Å². The van der Waals surface area contributed by atoms with Crippen LogP contribution in [-0.4, -0.2) is 35.7 Å². The van der Waals surface area contributed by atoms with Gasteiger partial charge in [0.15, 0.2) is 0 Å². The average Bonchev–Trinajstić information content (AvgIpc) is 2.50. The number of likely N-dealkylation sites (tertiary alicyclic amines) is 1. The number of rotatable bonds is 5. The van der Waals surface area contributed by atoms with Crippen LogP contribution in [0.1, 0.15) is 37.8 Å². The maximum atomic E-state index is 9.27. The molecule has 0 bridgehead atoms. The lowest BCUT2D eigenvalue weighted by atomic mass is 9.91. The Bertz CT molecular complexity index is 401. The molecule has 4 heteroatoms. The van der Waals surface area contributed by atoms with Gasteiger partial charge in [-0.1, -0.05) is 35.0 Å². The molecule has 1 aromatic carbocycles. The van der Waals surface area contributed by atoms with Gasteiger partial charge in [0, 0.05) is 23.2 Å². The van der Waals surface area contributed by atoms with Crippen molar-refractivity contribution in [3.63, 3.8) is 0 Å². The number of piperidine rings is 1. The van der Waals surface area contributed by atoms with Crippen molar-refractivity contribution in [3.8, 4) is 0 Å². The Morgan fingerprint density at radius 2 is 1.90 bits per heavy atom. The minimum atomic E-state index is 0.154. The highest BCUT2D eigenvalue weighted by Crippen LogP contribution is 2.30. The number of hydrogen-bond donors (Lipinski definition) is 2. The Kier molecular flexibility index (Phi) is 6.02. The summed E-state index contributed by atoms with van der Waals surface area (Å²) in [4.78, 5) is 2.49. The van der Waals surface area contributed by atoms with Crippen molar-refractivity contribution in [2.75, 3.05) is 19.7 Å². The zero-order valence-electron chi connectivity index (χ0n) is 12.1. The van der Waals surface area contributed by atoms with E-state index in [1.54, 1.807) is 0 Å². The van der Waals surface area contributed by atoms with E-state index in [2.05, 4.69) is 52.0 Å². The van der Waals surface area contributed by atoms with Crippen LogP contribution < -0.4 is 5.73 Å². The number of hydrogen-bond acceptors (Lipinski definition) is 3. The molecule has 20 heavy (non-hydrogen) atoms. The third-order valence-corrected chi connectivity index (χ3v) is 4.92. The number of aliphatic hydroxyl groups excluding tert-OH is 1. The molecular formula is C16H25BrN2O. The lowest BCUT2D eigenvalue weighted by Crippen LogP contribution is -2.45. The molecule has 2 atom stereocenters. The monoisotopic (exact) mass is 340 g/mol. The topological polar surface area (TPSA) is 49.5 Å². The maximum Gasteiger partial charge on any atom is 0.0499 e. The van der Waals surface area contributed by atoms with Crippen LogP contribution >= 0.6 is 15.9 Å². The molecular weight excluding hydrogens is 316 g/mol. The summed E-state index contributed by atoms with van der Waals surface area (Å²) in [6.07, 6.45) is 3.11. The smallest absolute Gasteiger partial charge is 0.0499 e. The minimum absolute atomic E-state index is 0.154. The number of aliphatic hydroxyl groups is 1. The molecule has 1 heterocycles. The molecule has 112 valence electrons. The molecule has 1 aromatic rings. The highest BCUT2D eigenvalue weighted by Gasteiger charge is 2.29. The van der Waals surface area contributed by atoms with Gasteiger partial charge in [-0.05, 0) is 56.0 Å². The second-order valence-electron chi connectivity index (χ2n) is 5.73. The summed E-state index contributed by atoms with van der Waals surface area (Å²) in [5.41, 5.74) is 7.68. The van der Waals surface area contributed by atoms with Crippen molar-refractivity contribution in [1.29, 1.82) is 0 Å². The van der Waals surface area contributed by atoms with E-state index in [0.717, 1.165) is 36.8 Å². The number of nitrogens with two attached hydrogens (primary N) is 1. The van der Waals surface area contributed by atoms with Gasteiger partial charge in [0.05, 0.1) is 0 Å². The van der Waals surface area contributed by atoms with Crippen LogP contribution in [0.5, 0.6) is 0 Å². The lowest BCUT2D eigenvalue weighted by molar-refractivity contribution is 0.0884. The van der Waals surface area contributed by atoms with Gasteiger partial charge in [0.1, 0.15) is 0 Å². The van der Waals surface area contributed by atoms with Crippen LogP contribution in [0.2, 0.25) is 0 Å². The van der Waals surface area contributed by atoms with E-state index in [1.807, 2.05) is 0 Å². The summed E-state index contributed by atoms with van der Waals surface area (Å²) in [5.74, 6) is 0.467. The van der Waals surface area contributed by atoms with E-state index in [1.165, 1.54) is 5.56 Å². The first kappa shape index (κ1) is 16.0. The fourth-order valence-corrected chi connectivity index (χ4v) is 3.29. The molecule has 1 aliphatic heterocycles. The van der Waals surface area contributed by atoms with Crippen molar-refractivity contribution in [1.82, 2.24) is 4.90 Å². The molecule has 3 N–H and O–H groups in total. The largest absolute Gasteiger partial charge is 0.396 e. The highest BCUT2D eigenvalue weighted by molar-refractivity contribution is 9.10. The Balaban J connectivity index is 2.14. The molecule has 0 saturated carbocycles. The van der Waals surface area contributed by atoms with Crippen molar-refractivity contribution in [2.45, 2.75) is 38.3 Å². The first-order valence-corrected chi connectivity index (χ1v) is 8.31. The van der Waals surface area contributed by atoms with Crippen LogP contribution in [0.25, 0.3) is 0 Å². The summed E-state index contributed by atoms with van der Waals surface area (Å²) in [7, 11) is 0. The van der Waals surface area contributed by atoms with Crippen molar-refractivity contribution >= 4 is 15.9 Å². The molecule has 0 amide bonds. The lowest BCUT2D eigenvalue weighted by Gasteiger charge is -2.40. The number of benzene rings is 1. The zero-order valence-corrected chi connectivity index (χ0v) is 13.7. The fourth-order valence-electron chi connectivity index (χ4n) is 3.03. The molecule has 0 aromatic heterocycles. The minimum Gasteiger partial charge on any atom is -0.396 e. The Morgan fingerprint density at radius 1 is 1.30 bits per heavy atom. The van der Waals surface area contributed by atoms with Crippen LogP contribution in [-0.2, 0) is 0 Å². The molecule has 3 nitrogen and oxygen atoms in total. The second kappa shape index (κ2) is 7.55. The summed E-state index contributed by atoms with van der Waals surface area (Å²) >= 11 is 3.49. The summed E-state index contributed by atoms with van der Waals surface area (Å²) in [6, 6.07) is 8.95. The SMILES string of the molecule is CCC(N)C(c1ccc(Br)cc1)N1CCC(CO)CC1. The third-order valence-electron chi connectivity index (χ3n) is 4.39. The van der Waals surface area contributed by atoms with Crippen LogP contribution in [0.3, 0.4) is 0 Å². The van der Waals surface area contributed by atoms with Crippen molar-refractivity contribution in [3.05, 3.63) is 34.3 Å². The Labute approximate surface area is 130 Å². The molecule has 0 aliphatic carbocycles. The van der Waals surface area contributed by atoms with E-state index >= 15 is 0 Å². The van der Waals surface area contributed by atoms with Gasteiger partial charge in [-0.25, -0.2) is 0 Å². The van der Waals surface area contributed by atoms with Crippen LogP contribution in [0.4, 0.5) is 0 Å². The number of halogens is 1. The quantitative estimate of drug-likeness (QED) is 0.866. The van der Waals surface area contributed by atoms with Crippen molar-refractivity contribution < 1.29 is 5.11 Å². The first-order chi connectivity index (χ1) is 9.65. The predicted molar refractivity (Wildman–Crippen MR) is 86.5 cm³/mol. The summed E-state index contributed by atoms with van der Waals surface area (Å²) < 4.78 is 1.10. The normalized spacial score (nSPS) is 20.8. The van der Waals surface area contributed by atoms with E-state index < -0.39 is 0 Å². The molecule has 0 spiro atoms. The Morgan fingerprint density at radius 3 is 2.40 bits per heavy atom. The van der Waals surface area contributed by atoms with Gasteiger partial charge < -0.3 is 10.8 Å². The fraction of sp³-hybridized carbons (Fsp3) is 0.625. The van der Waals surface area contributed by atoms with Gasteiger partial charge in [-0.3, -0.25) is 4.90 Å². The second-order valence-corrected chi connectivity index (χ2v) is 6.65. The van der Waals surface area contributed by atoms with Gasteiger partial charge in [0.25, 0.3) is 0 Å². The maximum absolute atomic E-state index is 9.27. The molecule has 2 unspecified atom stereocenters. The van der Waals surface area contributed by atoms with Crippen LogP contribution in [0, 0.1) is 5.92 Å². The number of nitrogens with zero attached hydrogens (tertiary/aromatic N) is 1. The summed E-state index contributed by atoms with van der Waals surface area (Å²) in [5, 5.41) is 9.27. The van der Waals surface area contributed by atoms with E-state index in [0.29, 0.717) is 12.5 Å². The molecule has 2 rings (SSSR count). The van der Waals surface area contributed by atoms with Gasteiger partial charge in [-0.2, -0.15) is 0 Å². The van der Waals surface area contributed by atoms with E-state index in [9.17, 15) is 5.11 Å². The van der Waals surface area contributed by atoms with Gasteiger partial charge in [-0.15, -0.1) is 0 Å². The molecule has 1 aliphatic rings. The van der Waals surface area contributed by atoms with E-state index in [4.69, 9.17) is 5.73 Å². The molecule has 1 saturated heterocycles. The molecule has 1 fully saturated rings. The van der Waals surface area contributed by atoms with E-state index in [-0.39, 0.29) is 12.1 Å². The predicted octanol–water partition coefficient (Wildman–Crippen LogP) is 2.93. The van der Waals surface area contributed by atoms with Gasteiger partial charge >= 0.3 is 0 Å². The first-order valence-electron chi connectivity index (χ1n) is 7.51. The Hall–Kier alpha value is -0.420. The third kappa shape index (κ3) is 3.82. The van der Waals surface area contributed by atoms with Gasteiger partial charge in [0.2, 0.25) is 0 Å². The van der Waals surface area contributed by atoms with Crippen LogP contribution in [0.15, 0.2) is 28.7 Å². The zero-order chi connectivity index (χ0) is 14.5. The standard InChI is InChI=1S/C16H25BrN2O/c1-2-15(18)16(13-3-5-14(17)6-4-13)19-9-7-12(11-20)8-10-19/h3-6,12,15-16,20H,2,7-11,18H2,1H3.